The molecule has 1 N–H and O–H groups in total. The Hall–Kier alpha value is -1.57. The second kappa shape index (κ2) is 8.69. The van der Waals surface area contributed by atoms with Gasteiger partial charge in [0.1, 0.15) is 0 Å². The van der Waals surface area contributed by atoms with Crippen LogP contribution in [0.4, 0.5) is 0 Å². The summed E-state index contributed by atoms with van der Waals surface area (Å²) in [6, 6.07) is 15.6. The lowest BCUT2D eigenvalue weighted by Gasteiger charge is -2.06. The van der Waals surface area contributed by atoms with Crippen LogP contribution < -0.4 is 5.32 Å². The molecular formula is C18H14Br2N2O2S. The molecule has 0 unspecified atom stereocenters. The van der Waals surface area contributed by atoms with E-state index in [1.165, 1.54) is 11.8 Å². The normalized spacial score (nSPS) is 10.6. The van der Waals surface area contributed by atoms with Crippen molar-refractivity contribution < 1.29 is 9.21 Å². The molecule has 3 rings (SSSR count). The van der Waals surface area contributed by atoms with Crippen LogP contribution in [-0.4, -0.2) is 16.6 Å². The fourth-order valence-electron chi connectivity index (χ4n) is 2.11. The molecule has 1 heterocycles. The van der Waals surface area contributed by atoms with E-state index in [1.54, 1.807) is 6.20 Å². The van der Waals surface area contributed by atoms with Crippen molar-refractivity contribution >= 4 is 49.5 Å². The molecule has 0 aliphatic heterocycles. The predicted octanol–water partition coefficient (Wildman–Crippen LogP) is 5.28. The van der Waals surface area contributed by atoms with Gasteiger partial charge < -0.3 is 9.73 Å². The summed E-state index contributed by atoms with van der Waals surface area (Å²) in [5.41, 5.74) is 1.97. The average Bonchev–Trinajstić information content (AvgIpc) is 3.08. The summed E-state index contributed by atoms with van der Waals surface area (Å²) in [4.78, 5) is 16.2. The topological polar surface area (TPSA) is 55.1 Å². The molecule has 0 saturated carbocycles. The number of thioether (sulfide) groups is 1. The predicted molar refractivity (Wildman–Crippen MR) is 106 cm³/mol. The molecule has 0 fully saturated rings. The third-order valence-corrected chi connectivity index (χ3v) is 5.46. The zero-order valence-corrected chi connectivity index (χ0v) is 17.0. The minimum Gasteiger partial charge on any atom is -0.431 e. The molecule has 25 heavy (non-hydrogen) atoms. The number of carbonyl (C=O) groups is 1. The van der Waals surface area contributed by atoms with Crippen LogP contribution >= 0.6 is 43.6 Å². The number of aromatic nitrogens is 1. The number of oxazole rings is 1. The Kier molecular flexibility index (Phi) is 6.34. The molecule has 7 heteroatoms. The number of hydrogen-bond acceptors (Lipinski definition) is 4. The van der Waals surface area contributed by atoms with E-state index in [9.17, 15) is 4.79 Å². The molecule has 1 amide bonds. The highest BCUT2D eigenvalue weighted by molar-refractivity contribution is 9.10. The molecule has 0 atom stereocenters. The van der Waals surface area contributed by atoms with Crippen molar-refractivity contribution in [3.63, 3.8) is 0 Å². The summed E-state index contributed by atoms with van der Waals surface area (Å²) in [7, 11) is 0. The van der Waals surface area contributed by atoms with Gasteiger partial charge in [0.25, 0.3) is 5.22 Å². The lowest BCUT2D eigenvalue weighted by molar-refractivity contribution is -0.118. The lowest BCUT2D eigenvalue weighted by atomic mass is 10.2. The Morgan fingerprint density at radius 3 is 2.80 bits per heavy atom. The van der Waals surface area contributed by atoms with E-state index in [4.69, 9.17) is 4.42 Å². The van der Waals surface area contributed by atoms with Crippen LogP contribution in [0, 0.1) is 0 Å². The first-order valence-electron chi connectivity index (χ1n) is 7.46. The van der Waals surface area contributed by atoms with E-state index in [0.29, 0.717) is 17.5 Å². The highest BCUT2D eigenvalue weighted by Crippen LogP contribution is 2.27. The third-order valence-electron chi connectivity index (χ3n) is 3.35. The van der Waals surface area contributed by atoms with Crippen molar-refractivity contribution in [1.82, 2.24) is 10.3 Å². The Morgan fingerprint density at radius 1 is 1.16 bits per heavy atom. The lowest BCUT2D eigenvalue weighted by Crippen LogP contribution is -2.24. The van der Waals surface area contributed by atoms with Gasteiger partial charge in [0.15, 0.2) is 5.76 Å². The summed E-state index contributed by atoms with van der Waals surface area (Å²) < 4.78 is 7.66. The second-order valence-corrected chi connectivity index (χ2v) is 7.85. The van der Waals surface area contributed by atoms with Crippen molar-refractivity contribution in [3.05, 3.63) is 69.2 Å². The molecule has 0 bridgehead atoms. The molecule has 128 valence electrons. The van der Waals surface area contributed by atoms with E-state index in [0.717, 1.165) is 20.1 Å². The molecule has 0 saturated heterocycles. The van der Waals surface area contributed by atoms with Crippen LogP contribution in [-0.2, 0) is 11.3 Å². The van der Waals surface area contributed by atoms with E-state index < -0.39 is 0 Å². The molecular weight excluding hydrogens is 468 g/mol. The zero-order valence-electron chi connectivity index (χ0n) is 13.0. The van der Waals surface area contributed by atoms with Crippen LogP contribution in [0.1, 0.15) is 5.56 Å². The maximum atomic E-state index is 12.0. The monoisotopic (exact) mass is 480 g/mol. The van der Waals surface area contributed by atoms with Gasteiger partial charge in [-0.15, -0.1) is 0 Å². The minimum absolute atomic E-state index is 0.0667. The van der Waals surface area contributed by atoms with Gasteiger partial charge in [0, 0.05) is 21.1 Å². The largest absolute Gasteiger partial charge is 0.431 e. The molecule has 1 aromatic heterocycles. The standard InChI is InChI=1S/C18H14Br2N2O2S/c19-14-6-3-5-12(8-14)16-10-22-18(24-16)25-11-17(23)21-9-13-4-1-2-7-15(13)20/h1-8,10H,9,11H2,(H,21,23). The summed E-state index contributed by atoms with van der Waals surface area (Å²) in [6.45, 7) is 0.482. The van der Waals surface area contributed by atoms with Crippen molar-refractivity contribution in [1.29, 1.82) is 0 Å². The number of benzene rings is 2. The summed E-state index contributed by atoms with van der Waals surface area (Å²) >= 11 is 8.18. The summed E-state index contributed by atoms with van der Waals surface area (Å²) in [5.74, 6) is 0.864. The van der Waals surface area contributed by atoms with Gasteiger partial charge in [-0.1, -0.05) is 74.0 Å². The van der Waals surface area contributed by atoms with E-state index in [2.05, 4.69) is 42.2 Å². The number of carbonyl (C=O) groups excluding carboxylic acids is 1. The number of nitrogens with one attached hydrogen (secondary N) is 1. The number of halogens is 2. The molecule has 0 aliphatic carbocycles. The summed E-state index contributed by atoms with van der Waals surface area (Å²) in [5, 5.41) is 3.37. The smallest absolute Gasteiger partial charge is 0.256 e. The van der Waals surface area contributed by atoms with Crippen molar-refractivity contribution in [2.75, 3.05) is 5.75 Å². The summed E-state index contributed by atoms with van der Waals surface area (Å²) in [6.07, 6.45) is 1.67. The van der Waals surface area contributed by atoms with Crippen molar-refractivity contribution in [2.24, 2.45) is 0 Å². The minimum atomic E-state index is -0.0667. The van der Waals surface area contributed by atoms with Crippen LogP contribution in [0.25, 0.3) is 11.3 Å². The average molecular weight is 482 g/mol. The Labute approximate surface area is 166 Å². The first kappa shape index (κ1) is 18.2. The molecule has 0 aliphatic rings. The van der Waals surface area contributed by atoms with Gasteiger partial charge in [0.2, 0.25) is 5.91 Å². The number of hydrogen-bond donors (Lipinski definition) is 1. The van der Waals surface area contributed by atoms with Gasteiger partial charge in [-0.05, 0) is 23.8 Å². The van der Waals surface area contributed by atoms with Gasteiger partial charge in [-0.3, -0.25) is 4.79 Å². The van der Waals surface area contributed by atoms with Crippen LogP contribution in [0.5, 0.6) is 0 Å². The number of nitrogens with zero attached hydrogens (tertiary/aromatic N) is 1. The Morgan fingerprint density at radius 2 is 2.00 bits per heavy atom. The van der Waals surface area contributed by atoms with Gasteiger partial charge in [-0.2, -0.15) is 0 Å². The van der Waals surface area contributed by atoms with Crippen LogP contribution in [0.3, 0.4) is 0 Å². The zero-order chi connectivity index (χ0) is 17.6. The van der Waals surface area contributed by atoms with Crippen LogP contribution in [0.15, 0.2) is 73.3 Å². The van der Waals surface area contributed by atoms with Crippen LogP contribution in [0.2, 0.25) is 0 Å². The Bertz CT molecular complexity index is 883. The first-order valence-corrected chi connectivity index (χ1v) is 10.0. The molecule has 2 aromatic carbocycles. The van der Waals surface area contributed by atoms with Crippen molar-refractivity contribution in [2.45, 2.75) is 11.8 Å². The molecule has 3 aromatic rings. The Balaban J connectivity index is 1.52. The highest BCUT2D eigenvalue weighted by Gasteiger charge is 2.10. The maximum Gasteiger partial charge on any atom is 0.256 e. The molecule has 0 radical (unpaired) electrons. The fraction of sp³-hybridized carbons (Fsp3) is 0.111. The van der Waals surface area contributed by atoms with E-state index in [1.807, 2.05) is 48.5 Å². The first-order chi connectivity index (χ1) is 12.1. The molecule has 4 nitrogen and oxygen atoms in total. The van der Waals surface area contributed by atoms with Crippen molar-refractivity contribution in [3.8, 4) is 11.3 Å². The fourth-order valence-corrected chi connectivity index (χ4v) is 3.57. The van der Waals surface area contributed by atoms with Gasteiger partial charge in [-0.25, -0.2) is 4.98 Å². The SMILES string of the molecule is O=C(CSc1ncc(-c2cccc(Br)c2)o1)NCc1ccccc1Br. The van der Waals surface area contributed by atoms with E-state index in [-0.39, 0.29) is 11.7 Å². The van der Waals surface area contributed by atoms with E-state index >= 15 is 0 Å². The van der Waals surface area contributed by atoms with Gasteiger partial charge in [0.05, 0.1) is 11.9 Å². The van der Waals surface area contributed by atoms with Gasteiger partial charge >= 0.3 is 0 Å². The highest BCUT2D eigenvalue weighted by atomic mass is 79.9. The molecule has 0 spiro atoms. The third kappa shape index (κ3) is 5.20. The number of rotatable bonds is 6. The quantitative estimate of drug-likeness (QED) is 0.487. The number of amides is 1. The second-order valence-electron chi connectivity index (χ2n) is 5.16. The maximum absolute atomic E-state index is 12.0.